The van der Waals surface area contributed by atoms with Crippen LogP contribution in [0.5, 0.6) is 0 Å². The zero-order valence-corrected chi connectivity index (χ0v) is 19.5. The van der Waals surface area contributed by atoms with Crippen molar-refractivity contribution in [3.8, 4) is 11.3 Å². The average Bonchev–Trinajstić information content (AvgIpc) is 2.81. The van der Waals surface area contributed by atoms with Crippen molar-refractivity contribution >= 4 is 28.6 Å². The minimum Gasteiger partial charge on any atom is -0.378 e. The fraction of sp³-hybridized carbons (Fsp3) is 0.292. The topological polar surface area (TPSA) is 76.9 Å². The normalized spacial score (nSPS) is 13.5. The number of aromatic nitrogens is 5. The molecule has 3 aromatic heterocycles. The van der Waals surface area contributed by atoms with Crippen molar-refractivity contribution in [1.29, 1.82) is 0 Å². The molecule has 7 nitrogen and oxygen atoms in total. The number of halogens is 2. The van der Waals surface area contributed by atoms with Crippen LogP contribution in [0.15, 0.2) is 42.7 Å². The summed E-state index contributed by atoms with van der Waals surface area (Å²) in [6, 6.07) is 8.37. The molecule has 5 rings (SSSR count). The van der Waals surface area contributed by atoms with Gasteiger partial charge in [-0.2, -0.15) is 4.98 Å². The summed E-state index contributed by atoms with van der Waals surface area (Å²) >= 11 is 5.91. The number of pyridine rings is 1. The number of nitrogens with zero attached hydrogens (tertiary/aromatic N) is 6. The lowest BCUT2D eigenvalue weighted by molar-refractivity contribution is 0.122. The predicted molar refractivity (Wildman–Crippen MR) is 127 cm³/mol. The van der Waals surface area contributed by atoms with E-state index in [0.717, 1.165) is 22.5 Å². The maximum absolute atomic E-state index is 14.6. The quantitative estimate of drug-likeness (QED) is 0.423. The number of ether oxygens (including phenoxy) is 1. The Morgan fingerprint density at radius 1 is 0.970 bits per heavy atom. The lowest BCUT2D eigenvalue weighted by atomic mass is 10.1. The van der Waals surface area contributed by atoms with Gasteiger partial charge in [0, 0.05) is 47.1 Å². The molecule has 1 aliphatic rings. The van der Waals surface area contributed by atoms with E-state index in [2.05, 4.69) is 19.9 Å². The smallest absolute Gasteiger partial charge is 0.228 e. The highest BCUT2D eigenvalue weighted by Gasteiger charge is 2.20. The molecule has 4 heterocycles. The van der Waals surface area contributed by atoms with Crippen molar-refractivity contribution in [3.05, 3.63) is 70.6 Å². The number of morpholine rings is 1. The van der Waals surface area contributed by atoms with Gasteiger partial charge in [-0.25, -0.2) is 24.3 Å². The second-order valence-electron chi connectivity index (χ2n) is 7.65. The van der Waals surface area contributed by atoms with Crippen molar-refractivity contribution < 1.29 is 9.13 Å². The highest BCUT2D eigenvalue weighted by molar-refractivity contribution is 6.30. The standard InChI is InChI=1S/C19H18ClFN4O.C5H6N2/c1-11-9-15-17(14-4-3-13(20)10-16(14)21)23-19(24-18(15)22-12(11)2)25-5-7-26-8-6-25;1-5-6-3-2-4-7-5/h3-4,9-10H,5-8H2,1-2H3;2-4H,1H3. The van der Waals surface area contributed by atoms with E-state index in [4.69, 9.17) is 21.3 Å². The number of benzene rings is 1. The Bertz CT molecular complexity index is 1270. The van der Waals surface area contributed by atoms with Crippen LogP contribution in [0.4, 0.5) is 10.3 Å². The van der Waals surface area contributed by atoms with Crippen molar-refractivity contribution in [2.45, 2.75) is 20.8 Å². The molecule has 0 unspecified atom stereocenters. The molecule has 1 aromatic carbocycles. The zero-order valence-electron chi connectivity index (χ0n) is 18.7. The van der Waals surface area contributed by atoms with Crippen LogP contribution in [-0.2, 0) is 4.74 Å². The SMILES string of the molecule is Cc1cc2c(-c3ccc(Cl)cc3F)nc(N3CCOCC3)nc2nc1C.Cc1ncccn1. The Morgan fingerprint density at radius 3 is 2.33 bits per heavy atom. The van der Waals surface area contributed by atoms with Gasteiger partial charge in [0.1, 0.15) is 11.6 Å². The van der Waals surface area contributed by atoms with Crippen molar-refractivity contribution in [2.24, 2.45) is 0 Å². The Balaban J connectivity index is 0.000000318. The van der Waals surface area contributed by atoms with Gasteiger partial charge in [-0.05, 0) is 56.7 Å². The molecular formula is C24H24ClFN6O. The molecule has 0 saturated carbocycles. The third kappa shape index (κ3) is 5.40. The molecule has 0 atom stereocenters. The fourth-order valence-corrected chi connectivity index (χ4v) is 3.56. The van der Waals surface area contributed by atoms with Crippen molar-refractivity contribution in [1.82, 2.24) is 24.9 Å². The van der Waals surface area contributed by atoms with E-state index in [1.807, 2.05) is 31.7 Å². The zero-order chi connectivity index (χ0) is 23.4. The molecule has 0 N–H and O–H groups in total. The number of rotatable bonds is 2. The largest absolute Gasteiger partial charge is 0.378 e. The van der Waals surface area contributed by atoms with Crippen LogP contribution in [0.1, 0.15) is 17.1 Å². The third-order valence-corrected chi connectivity index (χ3v) is 5.53. The maximum atomic E-state index is 14.6. The monoisotopic (exact) mass is 466 g/mol. The van der Waals surface area contributed by atoms with E-state index in [9.17, 15) is 4.39 Å². The number of fused-ring (bicyclic) bond motifs is 1. The molecule has 170 valence electrons. The van der Waals surface area contributed by atoms with Crippen LogP contribution in [0.2, 0.25) is 5.02 Å². The molecule has 1 aliphatic heterocycles. The summed E-state index contributed by atoms with van der Waals surface area (Å²) in [5, 5.41) is 1.08. The molecule has 1 saturated heterocycles. The first kappa shape index (κ1) is 22.9. The first-order chi connectivity index (χ1) is 15.9. The van der Waals surface area contributed by atoms with E-state index in [0.29, 0.717) is 54.2 Å². The van der Waals surface area contributed by atoms with Gasteiger partial charge in [0.15, 0.2) is 5.65 Å². The first-order valence-corrected chi connectivity index (χ1v) is 11.0. The Hall–Kier alpha value is -3.23. The highest BCUT2D eigenvalue weighted by atomic mass is 35.5. The number of hydrogen-bond acceptors (Lipinski definition) is 7. The lowest BCUT2D eigenvalue weighted by Crippen LogP contribution is -2.37. The van der Waals surface area contributed by atoms with E-state index in [-0.39, 0.29) is 0 Å². The molecule has 0 aliphatic carbocycles. The van der Waals surface area contributed by atoms with Gasteiger partial charge in [0.05, 0.1) is 18.9 Å². The average molecular weight is 467 g/mol. The van der Waals surface area contributed by atoms with Crippen LogP contribution in [-0.4, -0.2) is 51.2 Å². The van der Waals surface area contributed by atoms with Gasteiger partial charge in [0.2, 0.25) is 5.95 Å². The number of anilines is 1. The van der Waals surface area contributed by atoms with Crippen molar-refractivity contribution in [3.63, 3.8) is 0 Å². The van der Waals surface area contributed by atoms with Gasteiger partial charge in [-0.1, -0.05) is 11.6 Å². The minimum atomic E-state index is -0.413. The molecule has 0 spiro atoms. The molecule has 0 bridgehead atoms. The van der Waals surface area contributed by atoms with E-state index in [1.54, 1.807) is 30.6 Å². The molecule has 0 radical (unpaired) electrons. The van der Waals surface area contributed by atoms with Crippen LogP contribution in [0.3, 0.4) is 0 Å². The number of aryl methyl sites for hydroxylation is 3. The Morgan fingerprint density at radius 2 is 1.70 bits per heavy atom. The summed E-state index contributed by atoms with van der Waals surface area (Å²) in [4.78, 5) is 23.7. The molecule has 1 fully saturated rings. The maximum Gasteiger partial charge on any atom is 0.228 e. The Kier molecular flexibility index (Phi) is 7.05. The predicted octanol–water partition coefficient (Wildman–Crippen LogP) is 4.72. The minimum absolute atomic E-state index is 0.350. The molecule has 9 heteroatoms. The third-order valence-electron chi connectivity index (χ3n) is 5.29. The first-order valence-electron chi connectivity index (χ1n) is 10.6. The number of hydrogen-bond donors (Lipinski definition) is 0. The van der Waals surface area contributed by atoms with Gasteiger partial charge >= 0.3 is 0 Å². The van der Waals surface area contributed by atoms with Gasteiger partial charge < -0.3 is 9.64 Å². The van der Waals surface area contributed by atoms with E-state index < -0.39 is 5.82 Å². The Labute approximate surface area is 196 Å². The van der Waals surface area contributed by atoms with E-state index in [1.165, 1.54) is 6.07 Å². The summed E-state index contributed by atoms with van der Waals surface area (Å²) in [6.45, 7) is 8.39. The molecule has 33 heavy (non-hydrogen) atoms. The molecular weight excluding hydrogens is 443 g/mol. The second kappa shape index (κ2) is 10.1. The lowest BCUT2D eigenvalue weighted by Gasteiger charge is -2.27. The summed E-state index contributed by atoms with van der Waals surface area (Å²) in [5.41, 5.74) is 3.39. The highest BCUT2D eigenvalue weighted by Crippen LogP contribution is 2.31. The summed E-state index contributed by atoms with van der Waals surface area (Å²) < 4.78 is 20.0. The van der Waals surface area contributed by atoms with Gasteiger partial charge in [0.25, 0.3) is 0 Å². The summed E-state index contributed by atoms with van der Waals surface area (Å²) in [7, 11) is 0. The van der Waals surface area contributed by atoms with Crippen LogP contribution in [0, 0.1) is 26.6 Å². The fourth-order valence-electron chi connectivity index (χ4n) is 3.40. The summed E-state index contributed by atoms with van der Waals surface area (Å²) in [6.07, 6.45) is 3.45. The van der Waals surface area contributed by atoms with E-state index >= 15 is 0 Å². The van der Waals surface area contributed by atoms with Gasteiger partial charge in [-0.15, -0.1) is 0 Å². The molecule has 4 aromatic rings. The molecule has 0 amide bonds. The van der Waals surface area contributed by atoms with Crippen LogP contribution in [0.25, 0.3) is 22.3 Å². The summed E-state index contributed by atoms with van der Waals surface area (Å²) in [5.74, 6) is 0.951. The van der Waals surface area contributed by atoms with Gasteiger partial charge in [-0.3, -0.25) is 0 Å². The van der Waals surface area contributed by atoms with Crippen LogP contribution < -0.4 is 4.90 Å². The van der Waals surface area contributed by atoms with Crippen LogP contribution >= 0.6 is 11.6 Å². The second-order valence-corrected chi connectivity index (χ2v) is 8.09. The van der Waals surface area contributed by atoms with Crippen molar-refractivity contribution in [2.75, 3.05) is 31.2 Å².